The van der Waals surface area contributed by atoms with E-state index in [9.17, 15) is 18.0 Å². The van der Waals surface area contributed by atoms with Gasteiger partial charge in [-0.3, -0.25) is 13.9 Å². The summed E-state index contributed by atoms with van der Waals surface area (Å²) < 4.78 is 35.2. The van der Waals surface area contributed by atoms with E-state index in [1.165, 1.54) is 17.0 Å². The molecule has 0 bridgehead atoms. The Morgan fingerprint density at radius 2 is 1.36 bits per heavy atom. The molecule has 0 aliphatic rings. The molecule has 0 saturated heterocycles. The van der Waals surface area contributed by atoms with Crippen LogP contribution in [-0.4, -0.2) is 43.8 Å². The van der Waals surface area contributed by atoms with Crippen molar-refractivity contribution >= 4 is 27.5 Å². The van der Waals surface area contributed by atoms with Crippen LogP contribution in [0, 0.1) is 6.92 Å². The highest BCUT2D eigenvalue weighted by Gasteiger charge is 2.33. The van der Waals surface area contributed by atoms with Crippen LogP contribution >= 0.6 is 0 Å². The first kappa shape index (κ1) is 32.3. The molecule has 0 unspecified atom stereocenters. The minimum Gasteiger partial charge on any atom is -0.457 e. The molecule has 44 heavy (non-hydrogen) atoms. The van der Waals surface area contributed by atoms with Crippen LogP contribution < -0.4 is 14.4 Å². The molecule has 230 valence electrons. The normalized spacial score (nSPS) is 11.9. The van der Waals surface area contributed by atoms with Gasteiger partial charge in [0.05, 0.1) is 10.6 Å². The van der Waals surface area contributed by atoms with E-state index in [1.807, 2.05) is 88.4 Å². The van der Waals surface area contributed by atoms with Crippen LogP contribution in [0.25, 0.3) is 0 Å². The number of anilines is 1. The van der Waals surface area contributed by atoms with Gasteiger partial charge in [-0.25, -0.2) is 8.42 Å². The van der Waals surface area contributed by atoms with Gasteiger partial charge in [0.2, 0.25) is 11.8 Å². The summed E-state index contributed by atoms with van der Waals surface area (Å²) in [6, 6.07) is 30.7. The summed E-state index contributed by atoms with van der Waals surface area (Å²) in [6.07, 6.45) is 0.355. The van der Waals surface area contributed by atoms with Crippen molar-refractivity contribution < 1.29 is 22.7 Å². The molecule has 0 fully saturated rings. The Bertz CT molecular complexity index is 1630. The largest absolute Gasteiger partial charge is 0.457 e. The van der Waals surface area contributed by atoms with Gasteiger partial charge in [-0.2, -0.15) is 0 Å². The number of para-hydroxylation sites is 1. The van der Waals surface area contributed by atoms with Crippen LogP contribution in [0.4, 0.5) is 5.69 Å². The number of amides is 2. The molecule has 9 heteroatoms. The lowest BCUT2D eigenvalue weighted by atomic mass is 10.1. The van der Waals surface area contributed by atoms with Gasteiger partial charge in [0.15, 0.2) is 0 Å². The fourth-order valence-corrected chi connectivity index (χ4v) is 6.17. The number of rotatable bonds is 13. The number of hydrogen-bond acceptors (Lipinski definition) is 5. The molecule has 4 aromatic carbocycles. The molecule has 0 aliphatic carbocycles. The summed E-state index contributed by atoms with van der Waals surface area (Å²) in [5.74, 6) is 0.365. The maximum absolute atomic E-state index is 14.2. The highest BCUT2D eigenvalue weighted by molar-refractivity contribution is 7.92. The van der Waals surface area contributed by atoms with Gasteiger partial charge in [-0.1, -0.05) is 73.2 Å². The zero-order valence-electron chi connectivity index (χ0n) is 25.5. The highest BCUT2D eigenvalue weighted by Crippen LogP contribution is 2.29. The molecule has 0 radical (unpaired) electrons. The molecule has 4 rings (SSSR count). The van der Waals surface area contributed by atoms with E-state index >= 15 is 0 Å². The monoisotopic (exact) mass is 613 g/mol. The molecule has 2 amide bonds. The van der Waals surface area contributed by atoms with Crippen LogP contribution in [0.2, 0.25) is 0 Å². The van der Waals surface area contributed by atoms with Gasteiger partial charge in [-0.15, -0.1) is 0 Å². The van der Waals surface area contributed by atoms with Crippen molar-refractivity contribution in [1.82, 2.24) is 10.2 Å². The number of sulfonamides is 1. The molecule has 0 heterocycles. The van der Waals surface area contributed by atoms with Gasteiger partial charge >= 0.3 is 0 Å². The Morgan fingerprint density at radius 1 is 0.795 bits per heavy atom. The van der Waals surface area contributed by atoms with Crippen molar-refractivity contribution in [2.45, 2.75) is 57.6 Å². The molecule has 0 spiro atoms. The summed E-state index contributed by atoms with van der Waals surface area (Å²) in [6.45, 7) is 7.06. The number of benzene rings is 4. The summed E-state index contributed by atoms with van der Waals surface area (Å²) in [5, 5.41) is 2.91. The molecule has 0 aromatic heterocycles. The second kappa shape index (κ2) is 14.7. The van der Waals surface area contributed by atoms with Crippen molar-refractivity contribution in [1.29, 1.82) is 0 Å². The molecule has 4 aromatic rings. The molecular formula is C35H39N3O5S. The predicted octanol–water partition coefficient (Wildman–Crippen LogP) is 6.31. The minimum atomic E-state index is -4.17. The Balaban J connectivity index is 1.72. The van der Waals surface area contributed by atoms with Crippen LogP contribution in [0.1, 0.15) is 38.3 Å². The average Bonchev–Trinajstić information content (AvgIpc) is 3.01. The average molecular weight is 614 g/mol. The Kier molecular flexibility index (Phi) is 10.8. The van der Waals surface area contributed by atoms with Gasteiger partial charge in [0.1, 0.15) is 24.1 Å². The fourth-order valence-electron chi connectivity index (χ4n) is 4.75. The van der Waals surface area contributed by atoms with Crippen LogP contribution in [0.3, 0.4) is 0 Å². The lowest BCUT2D eigenvalue weighted by molar-refractivity contribution is -0.140. The third-order valence-electron chi connectivity index (χ3n) is 7.00. The summed E-state index contributed by atoms with van der Waals surface area (Å²) in [4.78, 5) is 29.0. The number of nitrogens with zero attached hydrogens (tertiary/aromatic N) is 2. The van der Waals surface area contributed by atoms with Crippen LogP contribution in [0.5, 0.6) is 11.5 Å². The van der Waals surface area contributed by atoms with E-state index in [0.29, 0.717) is 23.6 Å². The first-order valence-corrected chi connectivity index (χ1v) is 16.1. The predicted molar refractivity (Wildman–Crippen MR) is 173 cm³/mol. The molecule has 8 nitrogen and oxygen atoms in total. The van der Waals surface area contributed by atoms with E-state index in [-0.39, 0.29) is 23.4 Å². The third kappa shape index (κ3) is 8.26. The first-order chi connectivity index (χ1) is 21.1. The smallest absolute Gasteiger partial charge is 0.264 e. The minimum absolute atomic E-state index is 0.0553. The lowest BCUT2D eigenvalue weighted by Gasteiger charge is -2.33. The molecule has 0 saturated carbocycles. The summed E-state index contributed by atoms with van der Waals surface area (Å²) >= 11 is 0. The topological polar surface area (TPSA) is 96.0 Å². The van der Waals surface area contributed by atoms with Crippen molar-refractivity contribution in [2.24, 2.45) is 0 Å². The summed E-state index contributed by atoms with van der Waals surface area (Å²) in [7, 11) is -4.17. The Morgan fingerprint density at radius 3 is 1.93 bits per heavy atom. The lowest BCUT2D eigenvalue weighted by Crippen LogP contribution is -2.53. The maximum atomic E-state index is 14.2. The van der Waals surface area contributed by atoms with E-state index in [0.717, 1.165) is 15.4 Å². The second-order valence-corrected chi connectivity index (χ2v) is 12.7. The Hall–Kier alpha value is -4.63. The number of carbonyl (C=O) groups excluding carboxylic acids is 2. The van der Waals surface area contributed by atoms with Gasteiger partial charge in [0.25, 0.3) is 10.0 Å². The number of hydrogen-bond donors (Lipinski definition) is 1. The Labute approximate surface area is 260 Å². The number of nitrogens with one attached hydrogen (secondary N) is 1. The van der Waals surface area contributed by atoms with Gasteiger partial charge < -0.3 is 15.0 Å². The standard InChI is InChI=1S/C35H39N3O5S/c1-5-33(35(40)36-26(2)3)37(24-28-12-8-6-9-13-28)34(39)25-38(44(41,42)32-22-16-27(4)17-23-32)29-18-20-31(21-19-29)43-30-14-10-7-11-15-30/h6-23,26,33H,5,24-25H2,1-4H3,(H,36,40)/t33-/m0/s1. The van der Waals surface area contributed by atoms with Crippen molar-refractivity contribution in [2.75, 3.05) is 10.8 Å². The van der Waals surface area contributed by atoms with E-state index in [2.05, 4.69) is 5.32 Å². The van der Waals surface area contributed by atoms with Crippen molar-refractivity contribution in [3.63, 3.8) is 0 Å². The SMILES string of the molecule is CC[C@@H](C(=O)NC(C)C)N(Cc1ccccc1)C(=O)CN(c1ccc(Oc2ccccc2)cc1)S(=O)(=O)c1ccc(C)cc1. The van der Waals surface area contributed by atoms with Gasteiger partial charge in [0, 0.05) is 12.6 Å². The van der Waals surface area contributed by atoms with Crippen LogP contribution in [-0.2, 0) is 26.2 Å². The molecule has 1 atom stereocenters. The third-order valence-corrected chi connectivity index (χ3v) is 8.79. The van der Waals surface area contributed by atoms with Gasteiger partial charge in [-0.05, 0) is 81.3 Å². The molecular weight excluding hydrogens is 574 g/mol. The number of aryl methyl sites for hydroxylation is 1. The first-order valence-electron chi connectivity index (χ1n) is 14.6. The zero-order valence-corrected chi connectivity index (χ0v) is 26.3. The number of carbonyl (C=O) groups is 2. The zero-order chi connectivity index (χ0) is 31.7. The van der Waals surface area contributed by atoms with E-state index in [4.69, 9.17) is 4.74 Å². The summed E-state index contributed by atoms with van der Waals surface area (Å²) in [5.41, 5.74) is 2.02. The van der Waals surface area contributed by atoms with Crippen LogP contribution in [0.15, 0.2) is 114 Å². The van der Waals surface area contributed by atoms with Crippen molar-refractivity contribution in [3.05, 3.63) is 120 Å². The quantitative estimate of drug-likeness (QED) is 0.191. The second-order valence-electron chi connectivity index (χ2n) is 10.8. The fraction of sp³-hybridized carbons (Fsp3) is 0.257. The highest BCUT2D eigenvalue weighted by atomic mass is 32.2. The molecule has 0 aliphatic heterocycles. The van der Waals surface area contributed by atoms with E-state index < -0.39 is 28.5 Å². The molecule has 1 N–H and O–H groups in total. The van der Waals surface area contributed by atoms with E-state index in [1.54, 1.807) is 36.4 Å². The maximum Gasteiger partial charge on any atom is 0.264 e. The number of ether oxygens (including phenoxy) is 1. The van der Waals surface area contributed by atoms with Crippen molar-refractivity contribution in [3.8, 4) is 11.5 Å².